The molecule has 2 rings (SSSR count). The molecule has 0 saturated carbocycles. The normalized spacial score (nSPS) is 21.2. The summed E-state index contributed by atoms with van der Waals surface area (Å²) in [4.78, 5) is 12.1. The molecule has 0 radical (unpaired) electrons. The second kappa shape index (κ2) is 6.34. The van der Waals surface area contributed by atoms with Gasteiger partial charge in [-0.3, -0.25) is 4.79 Å². The lowest BCUT2D eigenvalue weighted by atomic mass is 10.1. The van der Waals surface area contributed by atoms with Crippen LogP contribution in [0, 0.1) is 0 Å². The van der Waals surface area contributed by atoms with Gasteiger partial charge in [0.25, 0.3) is 10.2 Å². The van der Waals surface area contributed by atoms with Gasteiger partial charge < -0.3 is 5.32 Å². The Labute approximate surface area is 119 Å². The van der Waals surface area contributed by atoms with Crippen molar-refractivity contribution in [2.24, 2.45) is 0 Å². The predicted molar refractivity (Wildman–Crippen MR) is 76.2 cm³/mol. The van der Waals surface area contributed by atoms with E-state index >= 15 is 0 Å². The second-order valence-corrected chi connectivity index (χ2v) is 6.50. The van der Waals surface area contributed by atoms with Crippen molar-refractivity contribution in [1.82, 2.24) is 14.3 Å². The molecule has 1 aromatic carbocycles. The molecule has 0 aromatic heterocycles. The van der Waals surface area contributed by atoms with E-state index in [2.05, 4.69) is 10.0 Å². The summed E-state index contributed by atoms with van der Waals surface area (Å²) in [5.74, 6) is -0.245. The first kappa shape index (κ1) is 15.0. The van der Waals surface area contributed by atoms with Gasteiger partial charge in [-0.15, -0.1) is 0 Å². The van der Waals surface area contributed by atoms with Gasteiger partial charge in [0, 0.05) is 20.1 Å². The van der Waals surface area contributed by atoms with Gasteiger partial charge in [0.05, 0.1) is 0 Å². The van der Waals surface area contributed by atoms with E-state index in [0.29, 0.717) is 25.9 Å². The first-order valence-corrected chi connectivity index (χ1v) is 8.00. The molecule has 6 nitrogen and oxygen atoms in total. The number of hydrogen-bond donors (Lipinski definition) is 2. The van der Waals surface area contributed by atoms with E-state index < -0.39 is 16.3 Å². The average Bonchev–Trinajstić information content (AvgIpc) is 2.63. The second-order valence-electron chi connectivity index (χ2n) is 4.67. The van der Waals surface area contributed by atoms with Crippen molar-refractivity contribution < 1.29 is 13.2 Å². The van der Waals surface area contributed by atoms with Crippen LogP contribution in [0.4, 0.5) is 0 Å². The van der Waals surface area contributed by atoms with E-state index in [1.165, 1.54) is 11.4 Å². The average molecular weight is 297 g/mol. The Morgan fingerprint density at radius 1 is 1.35 bits per heavy atom. The SMILES string of the molecule is CNS(=O)(=O)N1CCCNC(=O)C1Cc1ccccc1. The van der Waals surface area contributed by atoms with Crippen molar-refractivity contribution in [3.63, 3.8) is 0 Å². The molecular weight excluding hydrogens is 278 g/mol. The zero-order valence-corrected chi connectivity index (χ0v) is 12.2. The quantitative estimate of drug-likeness (QED) is 0.813. The van der Waals surface area contributed by atoms with Gasteiger partial charge in [-0.25, -0.2) is 4.72 Å². The standard InChI is InChI=1S/C13H19N3O3S/c1-14-20(18,19)16-9-5-8-15-13(17)12(16)10-11-6-3-2-4-7-11/h2-4,6-7,12,14H,5,8-10H2,1H3,(H,15,17). The molecule has 0 spiro atoms. The number of carbonyl (C=O) groups excluding carboxylic acids is 1. The van der Waals surface area contributed by atoms with Crippen molar-refractivity contribution in [2.45, 2.75) is 18.9 Å². The molecule has 2 N–H and O–H groups in total. The molecule has 110 valence electrons. The third-order valence-electron chi connectivity index (χ3n) is 3.34. The Balaban J connectivity index is 2.29. The van der Waals surface area contributed by atoms with E-state index in [1.54, 1.807) is 0 Å². The molecule has 0 bridgehead atoms. The highest BCUT2D eigenvalue weighted by Gasteiger charge is 2.35. The minimum absolute atomic E-state index is 0.245. The fourth-order valence-electron chi connectivity index (χ4n) is 2.29. The molecule has 1 saturated heterocycles. The topological polar surface area (TPSA) is 78.5 Å². The molecule has 1 atom stereocenters. The number of nitrogens with zero attached hydrogens (tertiary/aromatic N) is 1. The summed E-state index contributed by atoms with van der Waals surface area (Å²) < 4.78 is 27.7. The molecule has 1 aliphatic rings. The van der Waals surface area contributed by atoms with E-state index in [0.717, 1.165) is 5.56 Å². The van der Waals surface area contributed by atoms with Crippen LogP contribution < -0.4 is 10.0 Å². The zero-order chi connectivity index (χ0) is 14.6. The number of rotatable bonds is 4. The summed E-state index contributed by atoms with van der Waals surface area (Å²) in [5, 5.41) is 2.77. The first-order chi connectivity index (χ1) is 9.54. The van der Waals surface area contributed by atoms with Gasteiger partial charge in [0.1, 0.15) is 6.04 Å². The summed E-state index contributed by atoms with van der Waals surface area (Å²) >= 11 is 0. The van der Waals surface area contributed by atoms with Crippen LogP contribution >= 0.6 is 0 Å². The Kier molecular flexibility index (Phi) is 4.74. The van der Waals surface area contributed by atoms with Gasteiger partial charge >= 0.3 is 0 Å². The van der Waals surface area contributed by atoms with Gasteiger partial charge in [-0.2, -0.15) is 12.7 Å². The maximum absolute atomic E-state index is 12.1. The van der Waals surface area contributed by atoms with Crippen LogP contribution in [0.5, 0.6) is 0 Å². The first-order valence-electron chi connectivity index (χ1n) is 6.56. The lowest BCUT2D eigenvalue weighted by molar-refractivity contribution is -0.124. The van der Waals surface area contributed by atoms with Crippen molar-refractivity contribution in [1.29, 1.82) is 0 Å². The number of carbonyl (C=O) groups is 1. The number of hydrogen-bond acceptors (Lipinski definition) is 3. The number of benzene rings is 1. The van der Waals surface area contributed by atoms with Crippen molar-refractivity contribution in [2.75, 3.05) is 20.1 Å². The summed E-state index contributed by atoms with van der Waals surface area (Å²) in [5.41, 5.74) is 0.936. The Morgan fingerprint density at radius 3 is 2.70 bits per heavy atom. The highest BCUT2D eigenvalue weighted by molar-refractivity contribution is 7.87. The van der Waals surface area contributed by atoms with Gasteiger partial charge in [-0.05, 0) is 18.4 Å². The maximum Gasteiger partial charge on any atom is 0.279 e. The molecule has 1 unspecified atom stereocenters. The van der Waals surface area contributed by atoms with Gasteiger partial charge in [0.15, 0.2) is 0 Å². The molecule has 1 heterocycles. The third kappa shape index (κ3) is 3.36. The van der Waals surface area contributed by atoms with Crippen LogP contribution in [0.3, 0.4) is 0 Å². The predicted octanol–water partition coefficient (Wildman–Crippen LogP) is -0.116. The molecule has 7 heteroatoms. The van der Waals surface area contributed by atoms with E-state index in [1.807, 2.05) is 30.3 Å². The van der Waals surface area contributed by atoms with Gasteiger partial charge in [-0.1, -0.05) is 30.3 Å². The van der Waals surface area contributed by atoms with Crippen molar-refractivity contribution in [3.8, 4) is 0 Å². The van der Waals surface area contributed by atoms with Crippen LogP contribution in [0.15, 0.2) is 30.3 Å². The summed E-state index contributed by atoms with van der Waals surface area (Å²) in [7, 11) is -2.27. The molecule has 20 heavy (non-hydrogen) atoms. The zero-order valence-electron chi connectivity index (χ0n) is 11.4. The highest BCUT2D eigenvalue weighted by atomic mass is 32.2. The van der Waals surface area contributed by atoms with Crippen LogP contribution in [-0.4, -0.2) is 44.8 Å². The highest BCUT2D eigenvalue weighted by Crippen LogP contribution is 2.15. The molecule has 1 aromatic rings. The summed E-state index contributed by atoms with van der Waals surface area (Å²) in [6, 6.07) is 8.71. The lowest BCUT2D eigenvalue weighted by Crippen LogP contribution is -2.51. The van der Waals surface area contributed by atoms with E-state index in [4.69, 9.17) is 0 Å². The Morgan fingerprint density at radius 2 is 2.05 bits per heavy atom. The molecule has 1 amide bonds. The lowest BCUT2D eigenvalue weighted by Gasteiger charge is -2.27. The van der Waals surface area contributed by atoms with Gasteiger partial charge in [0.2, 0.25) is 5.91 Å². The van der Waals surface area contributed by atoms with Crippen molar-refractivity contribution >= 4 is 16.1 Å². The fraction of sp³-hybridized carbons (Fsp3) is 0.462. The maximum atomic E-state index is 12.1. The van der Waals surface area contributed by atoms with Crippen LogP contribution in [0.1, 0.15) is 12.0 Å². The molecule has 0 aliphatic carbocycles. The van der Waals surface area contributed by atoms with Crippen LogP contribution in [-0.2, 0) is 21.4 Å². The number of amides is 1. The monoisotopic (exact) mass is 297 g/mol. The minimum Gasteiger partial charge on any atom is -0.355 e. The third-order valence-corrected chi connectivity index (χ3v) is 4.91. The van der Waals surface area contributed by atoms with E-state index in [-0.39, 0.29) is 5.91 Å². The summed E-state index contributed by atoms with van der Waals surface area (Å²) in [6.07, 6.45) is 0.978. The molecular formula is C13H19N3O3S. The minimum atomic E-state index is -3.62. The van der Waals surface area contributed by atoms with E-state index in [9.17, 15) is 13.2 Å². The largest absolute Gasteiger partial charge is 0.355 e. The summed E-state index contributed by atoms with van der Waals surface area (Å²) in [6.45, 7) is 0.833. The molecule has 1 fully saturated rings. The molecule has 1 aliphatic heterocycles. The van der Waals surface area contributed by atoms with Crippen molar-refractivity contribution in [3.05, 3.63) is 35.9 Å². The van der Waals surface area contributed by atoms with Crippen LogP contribution in [0.2, 0.25) is 0 Å². The van der Waals surface area contributed by atoms with Crippen LogP contribution in [0.25, 0.3) is 0 Å². The Bertz CT molecular complexity index is 559. The fourth-order valence-corrected chi connectivity index (χ4v) is 3.40. The smallest absolute Gasteiger partial charge is 0.279 e. The Hall–Kier alpha value is -1.44. The number of nitrogens with one attached hydrogen (secondary N) is 2.